The van der Waals surface area contributed by atoms with Crippen LogP contribution in [0.4, 0.5) is 0 Å². The van der Waals surface area contributed by atoms with Crippen LogP contribution in [0.1, 0.15) is 45.4 Å². The monoisotopic (exact) mass is 296 g/mol. The lowest BCUT2D eigenvalue weighted by molar-refractivity contribution is -0.173. The Hall–Kier alpha value is -1.10. The maximum Gasteiger partial charge on any atom is 0.332 e. The number of carbonyl (C=O) groups is 2. The van der Waals surface area contributed by atoms with Gasteiger partial charge in [-0.1, -0.05) is 0 Å². The average molecular weight is 296 g/mol. The maximum atomic E-state index is 12.5. The quantitative estimate of drug-likeness (QED) is 0.601. The number of hydrogen-bond donors (Lipinski definition) is 1. The molecule has 4 bridgehead atoms. The van der Waals surface area contributed by atoms with Crippen LogP contribution in [0.25, 0.3) is 0 Å². The number of ether oxygens (including phenoxy) is 2. The fraction of sp³-hybridized carbons (Fsp3) is 0.875. The van der Waals surface area contributed by atoms with Gasteiger partial charge < -0.3 is 14.6 Å². The van der Waals surface area contributed by atoms with E-state index in [0.717, 1.165) is 19.3 Å². The predicted molar refractivity (Wildman–Crippen MR) is 74.6 cm³/mol. The van der Waals surface area contributed by atoms with Crippen molar-refractivity contribution >= 4 is 11.9 Å². The van der Waals surface area contributed by atoms with Crippen LogP contribution in [0.3, 0.4) is 0 Å². The van der Waals surface area contributed by atoms with Gasteiger partial charge in [-0.05, 0) is 63.2 Å². The molecule has 0 aromatic heterocycles. The second-order valence-corrected chi connectivity index (χ2v) is 7.19. The van der Waals surface area contributed by atoms with Gasteiger partial charge in [-0.25, -0.2) is 4.79 Å². The van der Waals surface area contributed by atoms with Crippen molar-refractivity contribution in [1.29, 1.82) is 0 Å². The Bertz CT molecular complexity index is 395. The molecule has 1 unspecified atom stereocenters. The van der Waals surface area contributed by atoms with Gasteiger partial charge in [0.05, 0.1) is 12.0 Å². The smallest absolute Gasteiger partial charge is 0.332 e. The van der Waals surface area contributed by atoms with Gasteiger partial charge in [-0.2, -0.15) is 0 Å². The number of esters is 1. The van der Waals surface area contributed by atoms with Crippen molar-refractivity contribution in [3.05, 3.63) is 0 Å². The molecule has 118 valence electrons. The van der Waals surface area contributed by atoms with Crippen molar-refractivity contribution < 1.29 is 24.2 Å². The predicted octanol–water partition coefficient (Wildman–Crippen LogP) is 2.24. The van der Waals surface area contributed by atoms with Crippen LogP contribution in [0, 0.1) is 23.2 Å². The summed E-state index contributed by atoms with van der Waals surface area (Å²) in [6.45, 7) is 1.77. The molecule has 0 heterocycles. The molecule has 0 aromatic rings. The first-order chi connectivity index (χ1) is 9.98. The molecule has 0 saturated heterocycles. The molecule has 0 radical (unpaired) electrons. The standard InChI is InChI=1S/C16H24O5/c1-10(14(17)18)20-2-3-21-15(19)16-7-11-4-12(8-16)6-13(5-11)9-16/h10-13H,2-9H2,1H3,(H,17,18). The molecule has 4 aliphatic carbocycles. The molecule has 5 heteroatoms. The van der Waals surface area contributed by atoms with E-state index in [2.05, 4.69) is 0 Å². The van der Waals surface area contributed by atoms with E-state index in [9.17, 15) is 9.59 Å². The molecule has 0 aromatic carbocycles. The van der Waals surface area contributed by atoms with Crippen LogP contribution < -0.4 is 0 Å². The first-order valence-corrected chi connectivity index (χ1v) is 8.00. The van der Waals surface area contributed by atoms with Crippen LogP contribution >= 0.6 is 0 Å². The van der Waals surface area contributed by atoms with Gasteiger partial charge in [-0.3, -0.25) is 4.79 Å². The molecular weight excluding hydrogens is 272 g/mol. The van der Waals surface area contributed by atoms with Gasteiger partial charge in [0.1, 0.15) is 6.61 Å². The third-order valence-electron chi connectivity index (χ3n) is 5.50. The van der Waals surface area contributed by atoms with E-state index in [0.29, 0.717) is 17.8 Å². The molecule has 5 nitrogen and oxygen atoms in total. The van der Waals surface area contributed by atoms with E-state index in [1.54, 1.807) is 0 Å². The molecule has 1 N–H and O–H groups in total. The second-order valence-electron chi connectivity index (χ2n) is 7.19. The summed E-state index contributed by atoms with van der Waals surface area (Å²) in [5.74, 6) is 1.07. The van der Waals surface area contributed by atoms with Crippen molar-refractivity contribution in [1.82, 2.24) is 0 Å². The number of rotatable bonds is 6. The van der Waals surface area contributed by atoms with Crippen molar-refractivity contribution in [2.24, 2.45) is 23.2 Å². The van der Waals surface area contributed by atoms with E-state index in [4.69, 9.17) is 14.6 Å². The van der Waals surface area contributed by atoms with E-state index < -0.39 is 12.1 Å². The van der Waals surface area contributed by atoms with E-state index >= 15 is 0 Å². The summed E-state index contributed by atoms with van der Waals surface area (Å²) in [6.07, 6.45) is 6.00. The molecular formula is C16H24O5. The molecule has 4 aliphatic rings. The summed E-state index contributed by atoms with van der Waals surface area (Å²) in [5.41, 5.74) is -0.243. The Labute approximate surface area is 125 Å². The fourth-order valence-electron chi connectivity index (χ4n) is 4.94. The minimum Gasteiger partial charge on any atom is -0.479 e. The summed E-state index contributed by atoms with van der Waals surface area (Å²) in [5, 5.41) is 8.71. The summed E-state index contributed by atoms with van der Waals surface area (Å²) >= 11 is 0. The summed E-state index contributed by atoms with van der Waals surface area (Å²) in [4.78, 5) is 23.1. The minimum absolute atomic E-state index is 0.0758. The number of carbonyl (C=O) groups excluding carboxylic acids is 1. The zero-order chi connectivity index (χ0) is 15.0. The van der Waals surface area contributed by atoms with Crippen molar-refractivity contribution in [3.63, 3.8) is 0 Å². The zero-order valence-electron chi connectivity index (χ0n) is 12.5. The Kier molecular flexibility index (Phi) is 3.95. The van der Waals surface area contributed by atoms with Gasteiger partial charge >= 0.3 is 11.9 Å². The van der Waals surface area contributed by atoms with Gasteiger partial charge in [-0.15, -0.1) is 0 Å². The lowest BCUT2D eigenvalue weighted by atomic mass is 9.49. The largest absolute Gasteiger partial charge is 0.479 e. The van der Waals surface area contributed by atoms with Crippen molar-refractivity contribution in [2.75, 3.05) is 13.2 Å². The fourth-order valence-corrected chi connectivity index (χ4v) is 4.94. The number of hydrogen-bond acceptors (Lipinski definition) is 4. The lowest BCUT2D eigenvalue weighted by Gasteiger charge is -2.55. The van der Waals surface area contributed by atoms with Crippen LogP contribution in [-0.4, -0.2) is 36.4 Å². The molecule has 0 amide bonds. The van der Waals surface area contributed by atoms with Crippen LogP contribution in [0.15, 0.2) is 0 Å². The highest BCUT2D eigenvalue weighted by atomic mass is 16.6. The molecule has 4 fully saturated rings. The second kappa shape index (κ2) is 5.59. The topological polar surface area (TPSA) is 72.8 Å². The third-order valence-corrected chi connectivity index (χ3v) is 5.50. The average Bonchev–Trinajstić information content (AvgIpc) is 2.41. The van der Waals surface area contributed by atoms with Crippen LogP contribution in [0.2, 0.25) is 0 Å². The molecule has 1 atom stereocenters. The highest BCUT2D eigenvalue weighted by Crippen LogP contribution is 2.60. The number of carboxylic acid groups (broad SMARTS) is 1. The van der Waals surface area contributed by atoms with Gasteiger partial charge in [0.2, 0.25) is 0 Å². The summed E-state index contributed by atoms with van der Waals surface area (Å²) in [6, 6.07) is 0. The molecule has 4 saturated carbocycles. The molecule has 21 heavy (non-hydrogen) atoms. The number of carboxylic acids is 1. The molecule has 0 spiro atoms. The first-order valence-electron chi connectivity index (χ1n) is 8.00. The third kappa shape index (κ3) is 2.93. The molecule has 4 rings (SSSR count). The van der Waals surface area contributed by atoms with E-state index in [-0.39, 0.29) is 24.6 Å². The SMILES string of the molecule is CC(OCCOC(=O)C12CC3CC(CC(C3)C1)C2)C(=O)O. The Balaban J connectivity index is 1.48. The normalized spacial score (nSPS) is 38.2. The summed E-state index contributed by atoms with van der Waals surface area (Å²) in [7, 11) is 0. The van der Waals surface area contributed by atoms with Gasteiger partial charge in [0, 0.05) is 0 Å². The van der Waals surface area contributed by atoms with Crippen molar-refractivity contribution in [2.45, 2.75) is 51.6 Å². The molecule has 0 aliphatic heterocycles. The van der Waals surface area contributed by atoms with Crippen LogP contribution in [0.5, 0.6) is 0 Å². The number of aliphatic carboxylic acids is 1. The summed E-state index contributed by atoms with van der Waals surface area (Å²) < 4.78 is 10.5. The highest BCUT2D eigenvalue weighted by molar-refractivity contribution is 5.77. The van der Waals surface area contributed by atoms with Gasteiger partial charge in [0.25, 0.3) is 0 Å². The van der Waals surface area contributed by atoms with Crippen molar-refractivity contribution in [3.8, 4) is 0 Å². The van der Waals surface area contributed by atoms with E-state index in [1.807, 2.05) is 0 Å². The lowest BCUT2D eigenvalue weighted by Crippen LogP contribution is -2.50. The Morgan fingerprint density at radius 1 is 1.10 bits per heavy atom. The van der Waals surface area contributed by atoms with Crippen LogP contribution in [-0.2, 0) is 19.1 Å². The first kappa shape index (κ1) is 14.8. The zero-order valence-corrected chi connectivity index (χ0v) is 12.5. The maximum absolute atomic E-state index is 12.5. The van der Waals surface area contributed by atoms with E-state index in [1.165, 1.54) is 26.2 Å². The Morgan fingerprint density at radius 2 is 1.62 bits per heavy atom. The minimum atomic E-state index is -0.998. The highest BCUT2D eigenvalue weighted by Gasteiger charge is 2.55. The van der Waals surface area contributed by atoms with Gasteiger partial charge in [0.15, 0.2) is 6.10 Å². The Morgan fingerprint density at radius 3 is 2.10 bits per heavy atom.